The summed E-state index contributed by atoms with van der Waals surface area (Å²) >= 11 is 0. The summed E-state index contributed by atoms with van der Waals surface area (Å²) in [5, 5.41) is 0. The van der Waals surface area contributed by atoms with E-state index < -0.39 is 5.54 Å². The Morgan fingerprint density at radius 2 is 1.80 bits per heavy atom. The molecule has 0 N–H and O–H groups in total. The highest BCUT2D eigenvalue weighted by atomic mass is 16.6. The molecule has 35 heavy (non-hydrogen) atoms. The number of fused-ring (bicyclic) bond motifs is 1. The Balaban J connectivity index is 1.58. The smallest absolute Gasteiger partial charge is 0.409 e. The van der Waals surface area contributed by atoms with Crippen molar-refractivity contribution in [2.75, 3.05) is 31.1 Å². The number of benzene rings is 1. The van der Waals surface area contributed by atoms with Gasteiger partial charge in [-0.3, -0.25) is 19.1 Å². The minimum Gasteiger partial charge on any atom is -0.450 e. The lowest BCUT2D eigenvalue weighted by Gasteiger charge is -2.46. The first-order valence-corrected chi connectivity index (χ1v) is 11.8. The van der Waals surface area contributed by atoms with Gasteiger partial charge in [-0.25, -0.2) is 9.78 Å². The lowest BCUT2D eigenvalue weighted by atomic mass is 9.89. The maximum atomic E-state index is 13.4. The summed E-state index contributed by atoms with van der Waals surface area (Å²) in [5.74, 6) is 0.377. The van der Waals surface area contributed by atoms with Gasteiger partial charge in [0.15, 0.2) is 5.78 Å². The van der Waals surface area contributed by atoms with E-state index in [1.165, 1.54) is 6.07 Å². The summed E-state index contributed by atoms with van der Waals surface area (Å²) in [7, 11) is 0. The van der Waals surface area contributed by atoms with Crippen molar-refractivity contribution in [1.82, 2.24) is 19.4 Å². The molecule has 1 saturated heterocycles. The fourth-order valence-corrected chi connectivity index (χ4v) is 5.00. The van der Waals surface area contributed by atoms with E-state index in [0.717, 1.165) is 5.56 Å². The Morgan fingerprint density at radius 1 is 1.06 bits per heavy atom. The van der Waals surface area contributed by atoms with Crippen molar-refractivity contribution in [1.29, 1.82) is 0 Å². The minimum absolute atomic E-state index is 0.0485. The Labute approximate surface area is 203 Å². The predicted octanol–water partition coefficient (Wildman–Crippen LogP) is 3.00. The molecule has 9 heteroatoms. The average molecular weight is 474 g/mol. The van der Waals surface area contributed by atoms with Crippen LogP contribution < -0.4 is 10.5 Å². The molecule has 4 heterocycles. The van der Waals surface area contributed by atoms with Crippen molar-refractivity contribution in [3.8, 4) is 11.3 Å². The van der Waals surface area contributed by atoms with Gasteiger partial charge in [0.25, 0.3) is 5.56 Å². The molecule has 0 bridgehead atoms. The largest absolute Gasteiger partial charge is 0.450 e. The standard InChI is InChI=1S/C26H27N5O4/c1-2-35-25(34)29-14-10-26(18-29)11-15-30-23(33)16-21(19-8-12-27-13-9-19)28-24(30)31(26)17-22(32)20-6-4-3-5-7-20/h3-9,12-13,16H,2,10-11,14-15,17-18H2,1H3. The van der Waals surface area contributed by atoms with Gasteiger partial charge in [-0.1, -0.05) is 30.3 Å². The molecule has 1 unspecified atom stereocenters. The molecule has 2 aliphatic heterocycles. The van der Waals surface area contributed by atoms with Crippen molar-refractivity contribution in [2.24, 2.45) is 0 Å². The number of hydrogen-bond donors (Lipinski definition) is 0. The van der Waals surface area contributed by atoms with Crippen LogP contribution in [-0.2, 0) is 11.3 Å². The van der Waals surface area contributed by atoms with Crippen LogP contribution in [0, 0.1) is 0 Å². The first-order chi connectivity index (χ1) is 17.0. The number of nitrogens with zero attached hydrogens (tertiary/aromatic N) is 5. The van der Waals surface area contributed by atoms with Crippen molar-refractivity contribution < 1.29 is 14.3 Å². The summed E-state index contributed by atoms with van der Waals surface area (Å²) in [5.41, 5.74) is 1.20. The van der Waals surface area contributed by atoms with E-state index in [4.69, 9.17) is 9.72 Å². The van der Waals surface area contributed by atoms with Gasteiger partial charge in [0, 0.05) is 49.2 Å². The van der Waals surface area contributed by atoms with Crippen LogP contribution in [0.15, 0.2) is 65.7 Å². The number of ketones is 1. The Bertz CT molecular complexity index is 1290. The summed E-state index contributed by atoms with van der Waals surface area (Å²) < 4.78 is 6.86. The zero-order valence-corrected chi connectivity index (χ0v) is 19.6. The van der Waals surface area contributed by atoms with E-state index in [1.807, 2.05) is 23.1 Å². The van der Waals surface area contributed by atoms with E-state index >= 15 is 0 Å². The normalized spacial score (nSPS) is 19.0. The monoisotopic (exact) mass is 473 g/mol. The van der Waals surface area contributed by atoms with E-state index in [2.05, 4.69) is 4.98 Å². The maximum Gasteiger partial charge on any atom is 0.409 e. The summed E-state index contributed by atoms with van der Waals surface area (Å²) in [6.07, 6.45) is 4.22. The van der Waals surface area contributed by atoms with Crippen LogP contribution in [0.4, 0.5) is 10.7 Å². The van der Waals surface area contributed by atoms with Gasteiger partial charge >= 0.3 is 6.09 Å². The molecule has 1 spiro atoms. The molecule has 180 valence electrons. The summed E-state index contributed by atoms with van der Waals surface area (Å²) in [4.78, 5) is 51.5. The van der Waals surface area contributed by atoms with Gasteiger partial charge in [-0.15, -0.1) is 0 Å². The molecule has 1 fully saturated rings. The number of carbonyl (C=O) groups is 2. The molecule has 3 aromatic rings. The minimum atomic E-state index is -0.520. The fourth-order valence-electron chi connectivity index (χ4n) is 5.00. The zero-order valence-electron chi connectivity index (χ0n) is 19.6. The second-order valence-corrected chi connectivity index (χ2v) is 8.89. The maximum absolute atomic E-state index is 13.4. The number of hydrogen-bond acceptors (Lipinski definition) is 7. The van der Waals surface area contributed by atoms with Gasteiger partial charge in [0.1, 0.15) is 0 Å². The third kappa shape index (κ3) is 4.29. The quantitative estimate of drug-likeness (QED) is 0.526. The van der Waals surface area contributed by atoms with Crippen LogP contribution in [0.5, 0.6) is 0 Å². The zero-order chi connectivity index (χ0) is 24.4. The van der Waals surface area contributed by atoms with Crippen LogP contribution in [0.2, 0.25) is 0 Å². The van der Waals surface area contributed by atoms with E-state index in [1.54, 1.807) is 53.0 Å². The Hall–Kier alpha value is -4.01. The van der Waals surface area contributed by atoms with E-state index in [0.29, 0.717) is 56.3 Å². The number of Topliss-reactive ketones (excluding diaryl/α,β-unsaturated/α-hetero) is 1. The number of pyridine rings is 1. The number of amides is 1. The summed E-state index contributed by atoms with van der Waals surface area (Å²) in [6.45, 7) is 3.51. The fraction of sp³-hybridized carbons (Fsp3) is 0.346. The highest BCUT2D eigenvalue weighted by Crippen LogP contribution is 2.39. The highest BCUT2D eigenvalue weighted by molar-refractivity contribution is 5.99. The molecule has 1 amide bonds. The number of likely N-dealkylation sites (tertiary alicyclic amines) is 1. The lowest BCUT2D eigenvalue weighted by Crippen LogP contribution is -2.58. The molecule has 2 aliphatic rings. The van der Waals surface area contributed by atoms with Crippen LogP contribution in [0.1, 0.15) is 30.1 Å². The van der Waals surface area contributed by atoms with E-state index in [9.17, 15) is 14.4 Å². The second-order valence-electron chi connectivity index (χ2n) is 8.89. The van der Waals surface area contributed by atoms with E-state index in [-0.39, 0.29) is 24.0 Å². The van der Waals surface area contributed by atoms with Gasteiger partial charge in [-0.05, 0) is 31.9 Å². The Kier molecular flexibility index (Phi) is 6.07. The molecule has 2 aromatic heterocycles. The number of rotatable bonds is 5. The molecular formula is C26H27N5O4. The molecular weight excluding hydrogens is 446 g/mol. The van der Waals surface area contributed by atoms with Crippen LogP contribution in [0.25, 0.3) is 11.3 Å². The van der Waals surface area contributed by atoms with Gasteiger partial charge < -0.3 is 14.5 Å². The molecule has 1 atom stereocenters. The second kappa shape index (κ2) is 9.32. The molecule has 9 nitrogen and oxygen atoms in total. The Morgan fingerprint density at radius 3 is 2.54 bits per heavy atom. The first kappa shape index (κ1) is 22.8. The van der Waals surface area contributed by atoms with Gasteiger partial charge in [0.2, 0.25) is 5.95 Å². The molecule has 0 saturated carbocycles. The molecule has 1 aromatic carbocycles. The van der Waals surface area contributed by atoms with Crippen LogP contribution in [-0.4, -0.2) is 63.1 Å². The highest BCUT2D eigenvalue weighted by Gasteiger charge is 2.49. The number of carbonyl (C=O) groups excluding carboxylic acids is 2. The van der Waals surface area contributed by atoms with Crippen molar-refractivity contribution >= 4 is 17.8 Å². The average Bonchev–Trinajstić information content (AvgIpc) is 3.32. The lowest BCUT2D eigenvalue weighted by molar-refractivity contribution is 0.0984. The predicted molar refractivity (Wildman–Crippen MR) is 130 cm³/mol. The third-order valence-electron chi connectivity index (χ3n) is 6.83. The molecule has 0 radical (unpaired) electrons. The molecule has 5 rings (SSSR count). The number of anilines is 1. The summed E-state index contributed by atoms with van der Waals surface area (Å²) in [6, 6.07) is 14.2. The van der Waals surface area contributed by atoms with Crippen LogP contribution >= 0.6 is 0 Å². The first-order valence-electron chi connectivity index (χ1n) is 11.8. The third-order valence-corrected chi connectivity index (χ3v) is 6.83. The number of ether oxygens (including phenoxy) is 1. The molecule has 0 aliphatic carbocycles. The van der Waals surface area contributed by atoms with Crippen molar-refractivity contribution in [2.45, 2.75) is 31.8 Å². The van der Waals surface area contributed by atoms with Crippen molar-refractivity contribution in [3.05, 3.63) is 76.8 Å². The van der Waals surface area contributed by atoms with Crippen LogP contribution in [0.3, 0.4) is 0 Å². The SMILES string of the molecule is CCOC(=O)N1CCC2(CCn3c(nc(-c4ccncc4)cc3=O)N2CC(=O)c2ccccc2)C1. The van der Waals surface area contributed by atoms with Gasteiger partial charge in [0.05, 0.1) is 24.4 Å². The topological polar surface area (TPSA) is 97.6 Å². The van der Waals surface area contributed by atoms with Gasteiger partial charge in [-0.2, -0.15) is 0 Å². The van der Waals surface area contributed by atoms with Crippen molar-refractivity contribution in [3.63, 3.8) is 0 Å². The number of aromatic nitrogens is 3.